The van der Waals surface area contributed by atoms with Crippen LogP contribution >= 0.6 is 0 Å². The topological polar surface area (TPSA) is 59.5 Å². The number of hydrogen-bond acceptors (Lipinski definition) is 3. The summed E-state index contributed by atoms with van der Waals surface area (Å²) < 4.78 is 5.33. The molecule has 1 amide bonds. The first-order valence-corrected chi connectivity index (χ1v) is 5.46. The summed E-state index contributed by atoms with van der Waals surface area (Å²) in [6, 6.07) is 12.4. The third-order valence-electron chi connectivity index (χ3n) is 3.01. The Hall–Kier alpha value is -2.07. The molecule has 1 aliphatic heterocycles. The SMILES string of the molecule is NC1C(=O)N(c2ccccc2)C1c1ccco1. The molecule has 1 saturated heterocycles. The number of β-lactam (4-membered cyclic amide) rings is 1. The average Bonchev–Trinajstić information content (AvgIpc) is 2.88. The van der Waals surface area contributed by atoms with Crippen LogP contribution in [0.3, 0.4) is 0 Å². The van der Waals surface area contributed by atoms with Crippen molar-refractivity contribution < 1.29 is 9.21 Å². The second-order valence-corrected chi connectivity index (χ2v) is 4.03. The second-order valence-electron chi connectivity index (χ2n) is 4.03. The van der Waals surface area contributed by atoms with Crippen LogP contribution in [0.4, 0.5) is 5.69 Å². The molecule has 17 heavy (non-hydrogen) atoms. The van der Waals surface area contributed by atoms with Crippen molar-refractivity contribution in [1.29, 1.82) is 0 Å². The van der Waals surface area contributed by atoms with Crippen molar-refractivity contribution in [2.45, 2.75) is 12.1 Å². The molecule has 3 rings (SSSR count). The fraction of sp³-hybridized carbons (Fsp3) is 0.154. The molecule has 2 unspecified atom stereocenters. The summed E-state index contributed by atoms with van der Waals surface area (Å²) in [4.78, 5) is 13.5. The number of benzene rings is 1. The molecule has 2 atom stereocenters. The van der Waals surface area contributed by atoms with Crippen LogP contribution in [0.2, 0.25) is 0 Å². The minimum Gasteiger partial charge on any atom is -0.467 e. The number of nitrogens with two attached hydrogens (primary N) is 1. The highest BCUT2D eigenvalue weighted by molar-refractivity contribution is 6.05. The van der Waals surface area contributed by atoms with E-state index in [2.05, 4.69) is 0 Å². The predicted octanol–water partition coefficient (Wildman–Crippen LogP) is 1.69. The summed E-state index contributed by atoms with van der Waals surface area (Å²) in [5.74, 6) is 0.651. The summed E-state index contributed by atoms with van der Waals surface area (Å²) in [6.07, 6.45) is 1.59. The van der Waals surface area contributed by atoms with E-state index in [-0.39, 0.29) is 11.9 Å². The average molecular weight is 228 g/mol. The fourth-order valence-electron chi connectivity index (χ4n) is 2.15. The van der Waals surface area contributed by atoms with Gasteiger partial charge in [-0.2, -0.15) is 0 Å². The molecule has 4 nitrogen and oxygen atoms in total. The van der Waals surface area contributed by atoms with Crippen molar-refractivity contribution in [1.82, 2.24) is 0 Å². The van der Waals surface area contributed by atoms with Gasteiger partial charge in [0.05, 0.1) is 6.26 Å². The molecule has 2 aromatic rings. The Morgan fingerprint density at radius 2 is 1.88 bits per heavy atom. The number of anilines is 1. The van der Waals surface area contributed by atoms with Crippen molar-refractivity contribution in [3.63, 3.8) is 0 Å². The van der Waals surface area contributed by atoms with Gasteiger partial charge in [-0.25, -0.2) is 0 Å². The number of hydrogen-bond donors (Lipinski definition) is 1. The zero-order chi connectivity index (χ0) is 11.8. The number of carbonyl (C=O) groups excluding carboxylic acids is 1. The largest absolute Gasteiger partial charge is 0.467 e. The maximum atomic E-state index is 11.8. The minimum atomic E-state index is -0.513. The molecule has 2 heterocycles. The standard InChI is InChI=1S/C13H12N2O2/c14-11-12(10-7-4-8-17-10)15(13(11)16)9-5-2-1-3-6-9/h1-8,11-12H,14H2. The van der Waals surface area contributed by atoms with E-state index in [1.807, 2.05) is 36.4 Å². The van der Waals surface area contributed by atoms with Crippen LogP contribution in [0.1, 0.15) is 11.8 Å². The van der Waals surface area contributed by atoms with Crippen molar-refractivity contribution in [2.75, 3.05) is 4.90 Å². The first-order valence-electron chi connectivity index (χ1n) is 5.46. The highest BCUT2D eigenvalue weighted by atomic mass is 16.3. The van der Waals surface area contributed by atoms with E-state index in [0.29, 0.717) is 0 Å². The number of amides is 1. The van der Waals surface area contributed by atoms with Crippen molar-refractivity contribution in [3.05, 3.63) is 54.5 Å². The van der Waals surface area contributed by atoms with Gasteiger partial charge in [-0.3, -0.25) is 9.69 Å². The van der Waals surface area contributed by atoms with Gasteiger partial charge >= 0.3 is 0 Å². The zero-order valence-corrected chi connectivity index (χ0v) is 9.11. The molecule has 0 spiro atoms. The number of para-hydroxylation sites is 1. The molecule has 1 aliphatic rings. The van der Waals surface area contributed by atoms with Crippen LogP contribution in [0.25, 0.3) is 0 Å². The Kier molecular flexibility index (Phi) is 2.23. The molecular formula is C13H12N2O2. The van der Waals surface area contributed by atoms with Crippen molar-refractivity contribution in [3.8, 4) is 0 Å². The predicted molar refractivity (Wildman–Crippen MR) is 63.4 cm³/mol. The summed E-state index contributed by atoms with van der Waals surface area (Å²) >= 11 is 0. The Balaban J connectivity index is 1.97. The highest BCUT2D eigenvalue weighted by Gasteiger charge is 2.48. The van der Waals surface area contributed by atoms with Gasteiger partial charge in [-0.1, -0.05) is 18.2 Å². The molecule has 4 heteroatoms. The summed E-state index contributed by atoms with van der Waals surface area (Å²) in [5, 5.41) is 0. The van der Waals surface area contributed by atoms with Gasteiger partial charge in [0.15, 0.2) is 0 Å². The lowest BCUT2D eigenvalue weighted by Gasteiger charge is -2.44. The normalized spacial score (nSPS) is 23.6. The molecule has 1 aromatic carbocycles. The summed E-state index contributed by atoms with van der Waals surface area (Å²) in [5.41, 5.74) is 6.68. The first kappa shape index (κ1) is 10.1. The maximum Gasteiger partial charge on any atom is 0.247 e. The Morgan fingerprint density at radius 1 is 1.12 bits per heavy atom. The van der Waals surface area contributed by atoms with Crippen LogP contribution < -0.4 is 10.6 Å². The van der Waals surface area contributed by atoms with E-state index in [1.165, 1.54) is 0 Å². The minimum absolute atomic E-state index is 0.0717. The van der Waals surface area contributed by atoms with Crippen LogP contribution in [0, 0.1) is 0 Å². The third kappa shape index (κ3) is 1.45. The zero-order valence-electron chi connectivity index (χ0n) is 9.11. The van der Waals surface area contributed by atoms with E-state index in [9.17, 15) is 4.79 Å². The van der Waals surface area contributed by atoms with E-state index in [0.717, 1.165) is 11.4 Å². The molecule has 0 saturated carbocycles. The fourth-order valence-corrected chi connectivity index (χ4v) is 2.15. The van der Waals surface area contributed by atoms with Gasteiger partial charge in [-0.15, -0.1) is 0 Å². The van der Waals surface area contributed by atoms with Gasteiger partial charge < -0.3 is 10.2 Å². The van der Waals surface area contributed by atoms with Crippen molar-refractivity contribution >= 4 is 11.6 Å². The number of carbonyl (C=O) groups is 1. The van der Waals surface area contributed by atoms with Gasteiger partial charge in [0, 0.05) is 5.69 Å². The van der Waals surface area contributed by atoms with Crippen LogP contribution in [-0.4, -0.2) is 11.9 Å². The quantitative estimate of drug-likeness (QED) is 0.796. The van der Waals surface area contributed by atoms with Crippen molar-refractivity contribution in [2.24, 2.45) is 5.73 Å². The van der Waals surface area contributed by atoms with E-state index in [1.54, 1.807) is 17.2 Å². The third-order valence-corrected chi connectivity index (χ3v) is 3.01. The molecule has 0 bridgehead atoms. The van der Waals surface area contributed by atoms with Crippen LogP contribution in [-0.2, 0) is 4.79 Å². The smallest absolute Gasteiger partial charge is 0.247 e. The van der Waals surface area contributed by atoms with Gasteiger partial charge in [0.1, 0.15) is 17.8 Å². The first-order chi connectivity index (χ1) is 8.29. The van der Waals surface area contributed by atoms with Crippen LogP contribution in [0.5, 0.6) is 0 Å². The summed E-state index contributed by atoms with van der Waals surface area (Å²) in [7, 11) is 0. The monoisotopic (exact) mass is 228 g/mol. The van der Waals surface area contributed by atoms with Gasteiger partial charge in [0.2, 0.25) is 5.91 Å². The Labute approximate surface area is 98.6 Å². The number of furan rings is 1. The lowest BCUT2D eigenvalue weighted by atomic mass is 9.92. The van der Waals surface area contributed by atoms with Gasteiger partial charge in [-0.05, 0) is 24.3 Å². The molecule has 1 fully saturated rings. The summed E-state index contributed by atoms with van der Waals surface area (Å²) in [6.45, 7) is 0. The van der Waals surface area contributed by atoms with E-state index >= 15 is 0 Å². The molecule has 1 aromatic heterocycles. The van der Waals surface area contributed by atoms with Crippen LogP contribution in [0.15, 0.2) is 53.1 Å². The lowest BCUT2D eigenvalue weighted by molar-refractivity contribution is -0.126. The lowest BCUT2D eigenvalue weighted by Crippen LogP contribution is -2.63. The molecule has 0 radical (unpaired) electrons. The number of nitrogens with zero attached hydrogens (tertiary/aromatic N) is 1. The van der Waals surface area contributed by atoms with E-state index < -0.39 is 6.04 Å². The second kappa shape index (κ2) is 3.75. The Morgan fingerprint density at radius 3 is 2.53 bits per heavy atom. The van der Waals surface area contributed by atoms with Gasteiger partial charge in [0.25, 0.3) is 0 Å². The molecule has 2 N–H and O–H groups in total. The molecule has 0 aliphatic carbocycles. The molecular weight excluding hydrogens is 216 g/mol. The Bertz CT molecular complexity index is 522. The van der Waals surface area contributed by atoms with E-state index in [4.69, 9.17) is 10.2 Å². The molecule has 86 valence electrons. The highest BCUT2D eigenvalue weighted by Crippen LogP contribution is 2.37. The number of rotatable bonds is 2. The maximum absolute atomic E-state index is 11.8.